The fourth-order valence-corrected chi connectivity index (χ4v) is 4.58. The predicted octanol–water partition coefficient (Wildman–Crippen LogP) is 2.58. The van der Waals surface area contributed by atoms with E-state index in [0.717, 1.165) is 0 Å². The Labute approximate surface area is 163 Å². The van der Waals surface area contributed by atoms with Crippen molar-refractivity contribution in [3.8, 4) is 17.4 Å². The Morgan fingerprint density at radius 1 is 1.23 bits per heavy atom. The average molecular weight is 473 g/mol. The van der Waals surface area contributed by atoms with Crippen LogP contribution in [-0.4, -0.2) is 36.4 Å². The molecule has 6 nitrogen and oxygen atoms in total. The number of nitriles is 1. The third-order valence-corrected chi connectivity index (χ3v) is 6.33. The van der Waals surface area contributed by atoms with Gasteiger partial charge in [0.15, 0.2) is 0 Å². The fourth-order valence-electron chi connectivity index (χ4n) is 2.23. The average Bonchev–Trinajstić information content (AvgIpc) is 3.13. The quantitative estimate of drug-likeness (QED) is 0.572. The molecule has 0 fully saturated rings. The molecule has 26 heavy (non-hydrogen) atoms. The Balaban J connectivity index is 1.85. The molecule has 0 aliphatic rings. The summed E-state index contributed by atoms with van der Waals surface area (Å²) in [5, 5.41) is 18.3. The number of oxazole rings is 1. The number of carbonyl (C=O) groups is 2. The number of hydrogen-bond donors (Lipinski definition) is 1. The van der Waals surface area contributed by atoms with Gasteiger partial charge in [-0.05, 0) is 0 Å². The summed E-state index contributed by atoms with van der Waals surface area (Å²) in [6.07, 6.45) is 1.43. The van der Waals surface area contributed by atoms with Crippen LogP contribution in [0.25, 0.3) is 11.3 Å². The maximum absolute atomic E-state index is 12.5. The number of hydrogen-bond acceptors (Lipinski definition) is 5. The van der Waals surface area contributed by atoms with Crippen LogP contribution in [0.1, 0.15) is 26.6 Å². The first-order valence-corrected chi connectivity index (χ1v) is 10.2. The van der Waals surface area contributed by atoms with Gasteiger partial charge in [-0.25, -0.2) is 0 Å². The number of carboxylic acids is 1. The summed E-state index contributed by atoms with van der Waals surface area (Å²) < 4.78 is 6.35. The Kier molecular flexibility index (Phi) is 5.36. The van der Waals surface area contributed by atoms with Gasteiger partial charge in [-0.2, -0.15) is 0 Å². The van der Waals surface area contributed by atoms with Crippen molar-refractivity contribution in [3.05, 3.63) is 70.2 Å². The van der Waals surface area contributed by atoms with Gasteiger partial charge in [0.2, 0.25) is 0 Å². The van der Waals surface area contributed by atoms with E-state index in [1.165, 1.54) is 12.3 Å². The van der Waals surface area contributed by atoms with Crippen molar-refractivity contribution >= 4 is 46.6 Å². The van der Waals surface area contributed by atoms with E-state index in [4.69, 9.17) is 9.68 Å². The molecule has 1 unspecified atom stereocenters. The Morgan fingerprint density at radius 3 is 2.77 bits per heavy atom. The molecule has 3 rings (SSSR count). The third-order valence-electron chi connectivity index (χ3n) is 3.44. The summed E-state index contributed by atoms with van der Waals surface area (Å²) >= 11 is 1.77. The molecule has 1 heterocycles. The minimum atomic E-state index is -1.46. The van der Waals surface area contributed by atoms with Crippen LogP contribution < -0.4 is 4.35 Å². The first-order valence-electron chi connectivity index (χ1n) is 7.28. The van der Waals surface area contributed by atoms with Gasteiger partial charge >= 0.3 is 163 Å². The molecular weight excluding hydrogens is 463 g/mol. The number of benzene rings is 2. The van der Waals surface area contributed by atoms with Crippen LogP contribution in [0.15, 0.2) is 57.6 Å². The van der Waals surface area contributed by atoms with Gasteiger partial charge in [0.05, 0.1) is 0 Å². The Bertz CT molecular complexity index is 1060. The van der Waals surface area contributed by atoms with E-state index in [-0.39, 0.29) is 16.0 Å². The fraction of sp³-hybridized carbons (Fsp3) is 0. The van der Waals surface area contributed by atoms with Crippen molar-refractivity contribution in [1.29, 1.82) is 5.26 Å². The van der Waals surface area contributed by atoms with Crippen molar-refractivity contribution in [2.75, 3.05) is 0 Å². The molecule has 0 radical (unpaired) electrons. The molecule has 1 aromatic heterocycles. The number of aromatic carboxylic acids is 1. The summed E-state index contributed by atoms with van der Waals surface area (Å²) in [6.45, 7) is 0. The molecule has 128 valence electrons. The zero-order valence-electron chi connectivity index (χ0n) is 13.1. The predicted molar refractivity (Wildman–Crippen MR) is 98.9 cm³/mol. The summed E-state index contributed by atoms with van der Waals surface area (Å²) in [7, 11) is 0. The number of carboxylic acid groups (broad SMARTS) is 1. The zero-order chi connectivity index (χ0) is 18.7. The van der Waals surface area contributed by atoms with Crippen molar-refractivity contribution < 1.29 is 19.1 Å². The molecule has 0 aliphatic heterocycles. The van der Waals surface area contributed by atoms with E-state index in [0.29, 0.717) is 25.7 Å². The van der Waals surface area contributed by atoms with Crippen LogP contribution in [0.4, 0.5) is 0 Å². The van der Waals surface area contributed by atoms with Crippen molar-refractivity contribution in [2.24, 2.45) is 0 Å². The van der Waals surface area contributed by atoms with Gasteiger partial charge in [-0.3, -0.25) is 0 Å². The van der Waals surface area contributed by atoms with E-state index < -0.39 is 21.7 Å². The molecule has 3 aromatic rings. The van der Waals surface area contributed by atoms with E-state index in [2.05, 4.69) is 20.9 Å². The summed E-state index contributed by atoms with van der Waals surface area (Å²) in [4.78, 5) is 27.9. The molecule has 2 aromatic carbocycles. The van der Waals surface area contributed by atoms with E-state index in [1.807, 2.05) is 6.07 Å². The molecule has 0 amide bonds. The van der Waals surface area contributed by atoms with E-state index in [9.17, 15) is 14.7 Å². The van der Waals surface area contributed by atoms with Gasteiger partial charge < -0.3 is 0 Å². The number of rotatable bonds is 5. The summed E-state index contributed by atoms with van der Waals surface area (Å²) in [6, 6.07) is 13.6. The first kappa shape index (κ1) is 18.1. The van der Waals surface area contributed by atoms with E-state index >= 15 is 0 Å². The molecule has 0 saturated heterocycles. The van der Waals surface area contributed by atoms with Crippen molar-refractivity contribution in [3.63, 3.8) is 0 Å². The van der Waals surface area contributed by atoms with Gasteiger partial charge in [-0.15, -0.1) is 0 Å². The van der Waals surface area contributed by atoms with Crippen molar-refractivity contribution in [2.45, 2.75) is 0 Å². The monoisotopic (exact) mass is 472 g/mol. The Morgan fingerprint density at radius 2 is 2.04 bits per heavy atom. The minimum absolute atomic E-state index is 0.0541. The zero-order valence-corrected chi connectivity index (χ0v) is 16.7. The van der Waals surface area contributed by atoms with Crippen LogP contribution in [0.2, 0.25) is 0 Å². The second-order valence-corrected chi connectivity index (χ2v) is 8.69. The molecule has 1 N–H and O–H groups in total. The second kappa shape index (κ2) is 7.69. The standard InChI is InChI=1S/C18H10AsBrN2O4/c20-12-4-5-14(13(7-12)18(24)25)19-16(23)17-22-9-15(26-17)11-3-1-2-10(6-11)8-21/h1-7,9,19H,(H,24,25). The molecule has 8 heteroatoms. The molecule has 0 bridgehead atoms. The summed E-state index contributed by atoms with van der Waals surface area (Å²) in [5.41, 5.74) is 1.22. The topological polar surface area (TPSA) is 104 Å². The van der Waals surface area contributed by atoms with Crippen molar-refractivity contribution in [1.82, 2.24) is 4.98 Å². The summed E-state index contributed by atoms with van der Waals surface area (Å²) in [5.74, 6) is -0.757. The third kappa shape index (κ3) is 3.93. The van der Waals surface area contributed by atoms with Gasteiger partial charge in [0.1, 0.15) is 0 Å². The van der Waals surface area contributed by atoms with Gasteiger partial charge in [0, 0.05) is 0 Å². The second-order valence-electron chi connectivity index (χ2n) is 5.17. The van der Waals surface area contributed by atoms with Gasteiger partial charge in [0.25, 0.3) is 0 Å². The normalized spacial score (nSPS) is 10.8. The number of aromatic nitrogens is 1. The molecule has 0 saturated carbocycles. The van der Waals surface area contributed by atoms with Gasteiger partial charge in [-0.1, -0.05) is 0 Å². The number of nitrogens with zero attached hydrogens (tertiary/aromatic N) is 2. The van der Waals surface area contributed by atoms with Crippen LogP contribution in [0, 0.1) is 11.3 Å². The first-order chi connectivity index (χ1) is 12.5. The van der Waals surface area contributed by atoms with Crippen LogP contribution in [0.3, 0.4) is 0 Å². The van der Waals surface area contributed by atoms with Crippen LogP contribution in [-0.2, 0) is 0 Å². The van der Waals surface area contributed by atoms with Crippen LogP contribution >= 0.6 is 15.9 Å². The van der Waals surface area contributed by atoms with E-state index in [1.54, 1.807) is 36.4 Å². The molecule has 1 atom stereocenters. The Hall–Kier alpha value is -2.68. The molecule has 0 spiro atoms. The molecular formula is C18H10AsBrN2O4. The number of carbonyl (C=O) groups excluding carboxylic acids is 1. The molecule has 0 aliphatic carbocycles. The van der Waals surface area contributed by atoms with Crippen LogP contribution in [0.5, 0.6) is 0 Å². The SMILES string of the molecule is N#Cc1cccc(-c2cnc(C(=O)[AsH]c3ccc(Br)cc3C(=O)O)o2)c1. The maximum atomic E-state index is 12.5. The number of halogens is 1.